The van der Waals surface area contributed by atoms with Crippen LogP contribution in [0.5, 0.6) is 0 Å². The molecule has 6 nitrogen and oxygen atoms in total. The number of amides is 1. The Morgan fingerprint density at radius 2 is 2.21 bits per heavy atom. The van der Waals surface area contributed by atoms with E-state index in [4.69, 9.17) is 9.26 Å². The highest BCUT2D eigenvalue weighted by atomic mass is 16.5. The maximum absolute atomic E-state index is 12.4. The number of fused-ring (bicyclic) bond motifs is 1. The van der Waals surface area contributed by atoms with Crippen molar-refractivity contribution in [2.75, 3.05) is 19.6 Å². The Morgan fingerprint density at radius 1 is 1.36 bits per heavy atom. The van der Waals surface area contributed by atoms with Crippen molar-refractivity contribution in [3.8, 4) is 0 Å². The van der Waals surface area contributed by atoms with Gasteiger partial charge in [0.25, 0.3) is 5.91 Å². The first kappa shape index (κ1) is 17.9. The fourth-order valence-electron chi connectivity index (χ4n) is 5.41. The highest BCUT2D eigenvalue weighted by Gasteiger charge is 2.62. The quantitative estimate of drug-likeness (QED) is 0.833. The number of ether oxygens (including phenoxy) is 1. The van der Waals surface area contributed by atoms with Crippen LogP contribution in [0.3, 0.4) is 0 Å². The third kappa shape index (κ3) is 3.05. The van der Waals surface area contributed by atoms with E-state index < -0.39 is 0 Å². The standard InChI is InChI=1S/C22H27N3O3/c1-2-16-10-19(24-28-16)21(26)23-11-17-18-13-25(12-15-6-4-3-5-7-15)14-22(18)9-8-20(17)27-22/h3-7,10,17-18,20H,2,8-9,11-14H2,1H3,(H,23,26)/t17-,18+,20+,22+/m0/s1. The van der Waals surface area contributed by atoms with Crippen LogP contribution in [0.4, 0.5) is 0 Å². The highest BCUT2D eigenvalue weighted by molar-refractivity contribution is 5.92. The van der Waals surface area contributed by atoms with Crippen molar-refractivity contribution < 1.29 is 14.1 Å². The zero-order valence-corrected chi connectivity index (χ0v) is 16.3. The number of aryl methyl sites for hydroxylation is 1. The third-order valence-corrected chi connectivity index (χ3v) is 6.74. The van der Waals surface area contributed by atoms with Crippen molar-refractivity contribution >= 4 is 5.91 Å². The van der Waals surface area contributed by atoms with Gasteiger partial charge in [0, 0.05) is 50.5 Å². The lowest BCUT2D eigenvalue weighted by atomic mass is 9.73. The predicted molar refractivity (Wildman–Crippen MR) is 104 cm³/mol. The van der Waals surface area contributed by atoms with E-state index >= 15 is 0 Å². The smallest absolute Gasteiger partial charge is 0.273 e. The fourth-order valence-corrected chi connectivity index (χ4v) is 5.41. The predicted octanol–water partition coefficient (Wildman–Crippen LogP) is 2.65. The summed E-state index contributed by atoms with van der Waals surface area (Å²) in [5.74, 6) is 1.44. The molecular formula is C22H27N3O3. The molecule has 0 aliphatic carbocycles. The molecule has 1 aromatic heterocycles. The van der Waals surface area contributed by atoms with Crippen molar-refractivity contribution in [3.63, 3.8) is 0 Å². The normalized spacial score (nSPS) is 31.2. The average molecular weight is 381 g/mol. The van der Waals surface area contributed by atoms with Gasteiger partial charge < -0.3 is 14.6 Å². The topological polar surface area (TPSA) is 67.6 Å². The molecule has 4 heterocycles. The number of benzene rings is 1. The summed E-state index contributed by atoms with van der Waals surface area (Å²) in [6.45, 7) is 5.62. The summed E-state index contributed by atoms with van der Waals surface area (Å²) < 4.78 is 11.6. The summed E-state index contributed by atoms with van der Waals surface area (Å²) in [7, 11) is 0. The largest absolute Gasteiger partial charge is 0.370 e. The second-order valence-corrected chi connectivity index (χ2v) is 8.43. The molecule has 0 saturated carbocycles. The number of nitrogens with zero attached hydrogens (tertiary/aromatic N) is 2. The van der Waals surface area contributed by atoms with E-state index in [2.05, 4.69) is 45.7 Å². The lowest BCUT2D eigenvalue weighted by molar-refractivity contribution is 0.00212. The van der Waals surface area contributed by atoms with Gasteiger partial charge in [0.05, 0.1) is 11.7 Å². The van der Waals surface area contributed by atoms with Crippen LogP contribution in [0.2, 0.25) is 0 Å². The van der Waals surface area contributed by atoms with Gasteiger partial charge in [-0.25, -0.2) is 0 Å². The number of likely N-dealkylation sites (tertiary alicyclic amines) is 1. The summed E-state index contributed by atoms with van der Waals surface area (Å²) in [5, 5.41) is 6.95. The molecule has 3 saturated heterocycles. The molecule has 1 N–H and O–H groups in total. The second-order valence-electron chi connectivity index (χ2n) is 8.43. The minimum atomic E-state index is -0.153. The van der Waals surface area contributed by atoms with Crippen LogP contribution in [0.25, 0.3) is 0 Å². The number of aromatic nitrogens is 1. The van der Waals surface area contributed by atoms with Crippen molar-refractivity contribution in [1.29, 1.82) is 0 Å². The van der Waals surface area contributed by atoms with Gasteiger partial charge in [0.2, 0.25) is 0 Å². The Bertz CT molecular complexity index is 852. The van der Waals surface area contributed by atoms with Crippen molar-refractivity contribution in [2.24, 2.45) is 11.8 Å². The first-order valence-corrected chi connectivity index (χ1v) is 10.3. The molecule has 4 atom stereocenters. The molecular weight excluding hydrogens is 354 g/mol. The minimum Gasteiger partial charge on any atom is -0.370 e. The van der Waals surface area contributed by atoms with Crippen molar-refractivity contribution in [2.45, 2.75) is 44.4 Å². The SMILES string of the molecule is CCc1cc(C(=O)NC[C@H]2[C@H]3CN(Cc4ccccc4)C[C@]34CC[C@H]2O4)no1. The Kier molecular flexibility index (Phi) is 4.48. The molecule has 2 bridgehead atoms. The Labute approximate surface area is 165 Å². The van der Waals surface area contributed by atoms with Crippen LogP contribution in [0.15, 0.2) is 40.9 Å². The number of rotatable bonds is 6. The van der Waals surface area contributed by atoms with Crippen LogP contribution in [0, 0.1) is 11.8 Å². The van der Waals surface area contributed by atoms with Crippen LogP contribution < -0.4 is 5.32 Å². The summed E-state index contributed by atoms with van der Waals surface area (Å²) in [6, 6.07) is 12.3. The van der Waals surface area contributed by atoms with E-state index in [0.29, 0.717) is 24.1 Å². The summed E-state index contributed by atoms with van der Waals surface area (Å²) >= 11 is 0. The van der Waals surface area contributed by atoms with Gasteiger partial charge >= 0.3 is 0 Å². The lowest BCUT2D eigenvalue weighted by Crippen LogP contribution is -2.42. The third-order valence-electron chi connectivity index (χ3n) is 6.74. The van der Waals surface area contributed by atoms with Crippen LogP contribution in [-0.4, -0.2) is 47.3 Å². The molecule has 3 aliphatic rings. The lowest BCUT2D eigenvalue weighted by Gasteiger charge is -2.29. The highest BCUT2D eigenvalue weighted by Crippen LogP contribution is 2.54. The van der Waals surface area contributed by atoms with Gasteiger partial charge in [-0.15, -0.1) is 0 Å². The van der Waals surface area contributed by atoms with E-state index in [1.165, 1.54) is 5.56 Å². The molecule has 148 valence electrons. The monoisotopic (exact) mass is 381 g/mol. The average Bonchev–Trinajstić information content (AvgIpc) is 3.46. The van der Waals surface area contributed by atoms with Crippen molar-refractivity contribution in [1.82, 2.24) is 15.4 Å². The first-order valence-electron chi connectivity index (χ1n) is 10.3. The summed E-state index contributed by atoms with van der Waals surface area (Å²) in [5.41, 5.74) is 1.70. The Hall–Kier alpha value is -2.18. The number of carbonyl (C=O) groups excluding carboxylic acids is 1. The Morgan fingerprint density at radius 3 is 3.00 bits per heavy atom. The number of nitrogens with one attached hydrogen (secondary N) is 1. The molecule has 5 rings (SSSR count). The van der Waals surface area contributed by atoms with Gasteiger partial charge in [-0.3, -0.25) is 9.69 Å². The molecule has 0 radical (unpaired) electrons. The molecule has 1 spiro atoms. The molecule has 28 heavy (non-hydrogen) atoms. The second kappa shape index (κ2) is 7.01. The molecule has 1 amide bonds. The van der Waals surface area contributed by atoms with Gasteiger partial charge in [-0.2, -0.15) is 0 Å². The zero-order chi connectivity index (χ0) is 19.1. The Balaban J connectivity index is 1.23. The molecule has 2 aromatic rings. The molecule has 0 unspecified atom stereocenters. The molecule has 1 aromatic carbocycles. The molecule has 3 fully saturated rings. The first-order chi connectivity index (χ1) is 13.7. The maximum Gasteiger partial charge on any atom is 0.273 e. The molecule has 3 aliphatic heterocycles. The zero-order valence-electron chi connectivity index (χ0n) is 16.3. The number of hydrogen-bond acceptors (Lipinski definition) is 5. The number of hydrogen-bond donors (Lipinski definition) is 1. The van der Waals surface area contributed by atoms with Crippen LogP contribution in [-0.2, 0) is 17.7 Å². The number of carbonyl (C=O) groups is 1. The summed E-state index contributed by atoms with van der Waals surface area (Å²) in [6.07, 6.45) is 3.25. The van der Waals surface area contributed by atoms with Gasteiger partial charge in [0.15, 0.2) is 5.69 Å². The van der Waals surface area contributed by atoms with Crippen LogP contribution >= 0.6 is 0 Å². The van der Waals surface area contributed by atoms with E-state index in [9.17, 15) is 4.79 Å². The van der Waals surface area contributed by atoms with Crippen molar-refractivity contribution in [3.05, 3.63) is 53.4 Å². The summed E-state index contributed by atoms with van der Waals surface area (Å²) in [4.78, 5) is 15.0. The van der Waals surface area contributed by atoms with Gasteiger partial charge in [0.1, 0.15) is 5.76 Å². The fraction of sp³-hybridized carbons (Fsp3) is 0.545. The maximum atomic E-state index is 12.4. The van der Waals surface area contributed by atoms with Crippen LogP contribution in [0.1, 0.15) is 41.6 Å². The van der Waals surface area contributed by atoms with E-state index in [-0.39, 0.29) is 17.6 Å². The van der Waals surface area contributed by atoms with Gasteiger partial charge in [-0.05, 0) is 18.4 Å². The van der Waals surface area contributed by atoms with E-state index in [1.54, 1.807) is 6.07 Å². The van der Waals surface area contributed by atoms with E-state index in [1.807, 2.05) is 6.92 Å². The minimum absolute atomic E-state index is 0.0158. The molecule has 6 heteroatoms. The van der Waals surface area contributed by atoms with E-state index in [0.717, 1.165) is 44.7 Å². The van der Waals surface area contributed by atoms with Gasteiger partial charge in [-0.1, -0.05) is 42.4 Å².